The number of nitrogens with zero attached hydrogens (tertiary/aromatic N) is 2. The molecule has 1 aromatic rings. The van der Waals surface area contributed by atoms with E-state index in [1.54, 1.807) is 23.1 Å². The highest BCUT2D eigenvalue weighted by molar-refractivity contribution is 9.10. The second-order valence-corrected chi connectivity index (χ2v) is 8.51. The van der Waals surface area contributed by atoms with Gasteiger partial charge in [-0.3, -0.25) is 19.3 Å². The molecule has 29 heavy (non-hydrogen) atoms. The third kappa shape index (κ3) is 4.95. The summed E-state index contributed by atoms with van der Waals surface area (Å²) < 4.78 is 11.6. The molecule has 0 unspecified atom stereocenters. The van der Waals surface area contributed by atoms with Crippen LogP contribution in [0.3, 0.4) is 0 Å². The van der Waals surface area contributed by atoms with Crippen molar-refractivity contribution in [3.63, 3.8) is 0 Å². The summed E-state index contributed by atoms with van der Waals surface area (Å²) in [6.45, 7) is 3.53. The van der Waals surface area contributed by atoms with Crippen LogP contribution in [0.2, 0.25) is 0 Å². The highest BCUT2D eigenvalue weighted by atomic mass is 79.9. The summed E-state index contributed by atoms with van der Waals surface area (Å²) >= 11 is 4.31. The number of rotatable bonds is 6. The van der Waals surface area contributed by atoms with E-state index in [4.69, 9.17) is 9.47 Å². The zero-order valence-corrected chi connectivity index (χ0v) is 18.8. The van der Waals surface area contributed by atoms with Crippen LogP contribution in [0.25, 0.3) is 6.08 Å². The highest BCUT2D eigenvalue weighted by Gasteiger charge is 2.37. The molecule has 0 radical (unpaired) electrons. The summed E-state index contributed by atoms with van der Waals surface area (Å²) in [4.78, 5) is 40.6. The maximum Gasteiger partial charge on any atom is 0.294 e. The SMILES string of the molecule is CCOc1cc(Br)c(/C=C2\SC(=O)N(CC(=O)N3CCCCC3)C2=O)cc1OC. The maximum absolute atomic E-state index is 12.7. The van der Waals surface area contributed by atoms with E-state index in [0.717, 1.165) is 35.9 Å². The zero-order valence-electron chi connectivity index (χ0n) is 16.4. The van der Waals surface area contributed by atoms with Gasteiger partial charge in [0.1, 0.15) is 6.54 Å². The van der Waals surface area contributed by atoms with Gasteiger partial charge in [-0.25, -0.2) is 0 Å². The van der Waals surface area contributed by atoms with Crippen molar-refractivity contribution in [2.45, 2.75) is 26.2 Å². The van der Waals surface area contributed by atoms with Crippen LogP contribution in [-0.2, 0) is 9.59 Å². The molecule has 0 atom stereocenters. The number of hydrogen-bond donors (Lipinski definition) is 0. The van der Waals surface area contributed by atoms with Crippen LogP contribution in [0.4, 0.5) is 4.79 Å². The fourth-order valence-corrected chi connectivity index (χ4v) is 4.51. The van der Waals surface area contributed by atoms with E-state index in [1.165, 1.54) is 7.11 Å². The normalized spacial score (nSPS) is 18.5. The standard InChI is InChI=1S/C20H23BrN2O5S/c1-3-28-16-11-14(21)13(9-15(16)27-2)10-17-19(25)23(20(26)29-17)12-18(24)22-7-5-4-6-8-22/h9-11H,3-8,12H2,1-2H3/b17-10-. The number of amides is 3. The van der Waals surface area contributed by atoms with Gasteiger partial charge in [0, 0.05) is 17.6 Å². The Morgan fingerprint density at radius 1 is 1.21 bits per heavy atom. The van der Waals surface area contributed by atoms with Crippen molar-refractivity contribution in [2.75, 3.05) is 33.4 Å². The average Bonchev–Trinajstić information content (AvgIpc) is 2.98. The Morgan fingerprint density at radius 3 is 2.59 bits per heavy atom. The van der Waals surface area contributed by atoms with Crippen molar-refractivity contribution in [2.24, 2.45) is 0 Å². The summed E-state index contributed by atoms with van der Waals surface area (Å²) in [5, 5.41) is -0.430. The first-order chi connectivity index (χ1) is 13.9. The second kappa shape index (κ2) is 9.67. The number of carbonyl (C=O) groups excluding carboxylic acids is 3. The molecule has 2 aliphatic heterocycles. The smallest absolute Gasteiger partial charge is 0.294 e. The predicted molar refractivity (Wildman–Crippen MR) is 115 cm³/mol. The molecule has 2 saturated heterocycles. The monoisotopic (exact) mass is 482 g/mol. The number of piperidine rings is 1. The number of halogens is 1. The number of likely N-dealkylation sites (tertiary alicyclic amines) is 1. The number of thioether (sulfide) groups is 1. The van der Waals surface area contributed by atoms with Crippen molar-refractivity contribution in [3.8, 4) is 11.5 Å². The molecule has 3 amide bonds. The van der Waals surface area contributed by atoms with Crippen LogP contribution in [0.15, 0.2) is 21.5 Å². The van der Waals surface area contributed by atoms with Crippen LogP contribution in [-0.4, -0.2) is 60.2 Å². The average molecular weight is 483 g/mol. The van der Waals surface area contributed by atoms with E-state index in [2.05, 4.69) is 15.9 Å². The molecule has 3 rings (SSSR count). The van der Waals surface area contributed by atoms with Gasteiger partial charge >= 0.3 is 0 Å². The number of carbonyl (C=O) groups is 3. The Morgan fingerprint density at radius 2 is 1.93 bits per heavy atom. The molecule has 0 saturated carbocycles. The molecule has 7 nitrogen and oxygen atoms in total. The van der Waals surface area contributed by atoms with Gasteiger partial charge in [0.05, 0.1) is 18.6 Å². The van der Waals surface area contributed by atoms with Crippen molar-refractivity contribution < 1.29 is 23.9 Å². The van der Waals surface area contributed by atoms with Crippen LogP contribution < -0.4 is 9.47 Å². The summed E-state index contributed by atoms with van der Waals surface area (Å²) in [7, 11) is 1.54. The third-order valence-electron chi connectivity index (χ3n) is 4.75. The zero-order chi connectivity index (χ0) is 21.0. The quantitative estimate of drug-likeness (QED) is 0.572. The molecule has 1 aromatic carbocycles. The molecule has 2 aliphatic rings. The second-order valence-electron chi connectivity index (χ2n) is 6.67. The van der Waals surface area contributed by atoms with Gasteiger partial charge in [-0.1, -0.05) is 15.9 Å². The Kier molecular flexibility index (Phi) is 7.23. The fourth-order valence-electron chi connectivity index (χ4n) is 3.25. The molecule has 0 bridgehead atoms. The molecule has 0 aromatic heterocycles. The molecule has 0 N–H and O–H groups in total. The van der Waals surface area contributed by atoms with E-state index in [-0.39, 0.29) is 17.4 Å². The Hall–Kier alpha value is -2.00. The topological polar surface area (TPSA) is 76.2 Å². The van der Waals surface area contributed by atoms with E-state index in [9.17, 15) is 14.4 Å². The van der Waals surface area contributed by atoms with Crippen molar-refractivity contribution in [1.29, 1.82) is 0 Å². The molecular formula is C20H23BrN2O5S. The number of hydrogen-bond acceptors (Lipinski definition) is 6. The van der Waals surface area contributed by atoms with Crippen LogP contribution in [0, 0.1) is 0 Å². The minimum Gasteiger partial charge on any atom is -0.493 e. The Balaban J connectivity index is 1.78. The highest BCUT2D eigenvalue weighted by Crippen LogP contribution is 2.38. The van der Waals surface area contributed by atoms with Crippen LogP contribution in [0.5, 0.6) is 11.5 Å². The van der Waals surface area contributed by atoms with Crippen molar-refractivity contribution >= 4 is 50.8 Å². The van der Waals surface area contributed by atoms with E-state index < -0.39 is 11.1 Å². The minimum absolute atomic E-state index is 0.183. The lowest BCUT2D eigenvalue weighted by Gasteiger charge is -2.27. The van der Waals surface area contributed by atoms with E-state index in [0.29, 0.717) is 41.2 Å². The molecule has 2 fully saturated rings. The van der Waals surface area contributed by atoms with Gasteiger partial charge in [-0.05, 0) is 61.7 Å². The largest absolute Gasteiger partial charge is 0.493 e. The van der Waals surface area contributed by atoms with E-state index in [1.807, 2.05) is 6.92 Å². The van der Waals surface area contributed by atoms with Crippen molar-refractivity contribution in [3.05, 3.63) is 27.1 Å². The Labute approximate surface area is 182 Å². The van der Waals surface area contributed by atoms with Gasteiger partial charge in [0.15, 0.2) is 11.5 Å². The maximum atomic E-state index is 12.7. The molecule has 156 valence electrons. The van der Waals surface area contributed by atoms with Gasteiger partial charge in [-0.2, -0.15) is 0 Å². The number of imide groups is 1. The van der Waals surface area contributed by atoms with Gasteiger partial charge < -0.3 is 14.4 Å². The molecule has 0 aliphatic carbocycles. The number of methoxy groups -OCH3 is 1. The lowest BCUT2D eigenvalue weighted by atomic mass is 10.1. The molecule has 0 spiro atoms. The van der Waals surface area contributed by atoms with Crippen molar-refractivity contribution in [1.82, 2.24) is 9.80 Å². The van der Waals surface area contributed by atoms with Gasteiger partial charge in [0.2, 0.25) is 5.91 Å². The van der Waals surface area contributed by atoms with E-state index >= 15 is 0 Å². The predicted octanol–water partition coefficient (Wildman–Crippen LogP) is 3.91. The van der Waals surface area contributed by atoms with Gasteiger partial charge in [-0.15, -0.1) is 0 Å². The molecule has 9 heteroatoms. The first kappa shape index (κ1) is 21.7. The third-order valence-corrected chi connectivity index (χ3v) is 6.34. The number of ether oxygens (including phenoxy) is 2. The Bertz CT molecular complexity index is 852. The first-order valence-corrected chi connectivity index (χ1v) is 11.1. The lowest BCUT2D eigenvalue weighted by molar-refractivity contribution is -0.136. The first-order valence-electron chi connectivity index (χ1n) is 9.48. The summed E-state index contributed by atoms with van der Waals surface area (Å²) in [6, 6.07) is 3.50. The molecule has 2 heterocycles. The summed E-state index contributed by atoms with van der Waals surface area (Å²) in [5.74, 6) is 0.474. The number of benzene rings is 1. The fraction of sp³-hybridized carbons (Fsp3) is 0.450. The summed E-state index contributed by atoms with van der Waals surface area (Å²) in [5.41, 5.74) is 0.679. The minimum atomic E-state index is -0.454. The van der Waals surface area contributed by atoms with Crippen LogP contribution in [0.1, 0.15) is 31.7 Å². The van der Waals surface area contributed by atoms with Gasteiger partial charge in [0.25, 0.3) is 11.1 Å². The summed E-state index contributed by atoms with van der Waals surface area (Å²) in [6.07, 6.45) is 4.65. The lowest BCUT2D eigenvalue weighted by Crippen LogP contribution is -2.44. The molecular weight excluding hydrogens is 460 g/mol. The van der Waals surface area contributed by atoms with Crippen LogP contribution >= 0.6 is 27.7 Å².